The molecular formula is C36H66NO6P. The molecule has 44 heavy (non-hydrogen) atoms. The molecule has 1 aromatic rings. The number of benzene rings is 1. The Bertz CT molecular complexity index is 880. The highest BCUT2D eigenvalue weighted by Crippen LogP contribution is 2.44. The number of para-hydroxylation sites is 1. The molecule has 0 heterocycles. The average Bonchev–Trinajstić information content (AvgIpc) is 2.98. The molecule has 7 nitrogen and oxygen atoms in total. The quantitative estimate of drug-likeness (QED) is 0.0639. The highest BCUT2D eigenvalue weighted by atomic mass is 31.2. The first-order valence-corrected chi connectivity index (χ1v) is 19.3. The van der Waals surface area contributed by atoms with Gasteiger partial charge in [-0.1, -0.05) is 128 Å². The number of likely N-dealkylation sites (N-methyl/N-ethyl adjacent to an activating group) is 1. The van der Waals surface area contributed by atoms with Gasteiger partial charge in [-0.05, 0) is 50.9 Å². The number of phosphoric acid groups is 1. The van der Waals surface area contributed by atoms with Crippen LogP contribution >= 0.6 is 7.82 Å². The van der Waals surface area contributed by atoms with Crippen molar-refractivity contribution in [2.24, 2.45) is 5.92 Å². The lowest BCUT2D eigenvalue weighted by Crippen LogP contribution is -2.19. The number of unbranched alkanes of at least 4 members (excludes halogenated alkanes) is 15. The minimum atomic E-state index is -4.20. The average molecular weight is 640 g/mol. The van der Waals surface area contributed by atoms with Gasteiger partial charge in [-0.2, -0.15) is 0 Å². The fourth-order valence-electron chi connectivity index (χ4n) is 5.43. The second-order valence-electron chi connectivity index (χ2n) is 12.7. The summed E-state index contributed by atoms with van der Waals surface area (Å²) in [6.07, 6.45) is 23.5. The molecule has 256 valence electrons. The minimum Gasteiger partial charge on any atom is -0.493 e. The summed E-state index contributed by atoms with van der Waals surface area (Å²) >= 11 is 0. The van der Waals surface area contributed by atoms with E-state index in [1.54, 1.807) is 0 Å². The third-order valence-corrected chi connectivity index (χ3v) is 9.03. The Morgan fingerprint density at radius 1 is 0.773 bits per heavy atom. The number of Topliss-reactive ketones (excluding diaryl/α,β-unsaturated/α-hetero) is 1. The van der Waals surface area contributed by atoms with Crippen LogP contribution in [0.4, 0.5) is 0 Å². The number of phosphoric ester groups is 1. The molecule has 1 N–H and O–H groups in total. The van der Waals surface area contributed by atoms with Crippen LogP contribution in [0, 0.1) is 5.92 Å². The second-order valence-corrected chi connectivity index (χ2v) is 14.2. The number of ether oxygens (including phenoxy) is 1. The van der Waals surface area contributed by atoms with Crippen molar-refractivity contribution in [3.05, 3.63) is 29.8 Å². The Morgan fingerprint density at radius 3 is 1.86 bits per heavy atom. The maximum Gasteiger partial charge on any atom is 0.472 e. The zero-order valence-corrected chi connectivity index (χ0v) is 29.6. The van der Waals surface area contributed by atoms with Gasteiger partial charge in [0.1, 0.15) is 11.5 Å². The van der Waals surface area contributed by atoms with Gasteiger partial charge in [-0.25, -0.2) is 4.57 Å². The molecule has 1 aromatic carbocycles. The molecule has 2 atom stereocenters. The van der Waals surface area contributed by atoms with E-state index in [9.17, 15) is 14.3 Å². The fraction of sp³-hybridized carbons (Fsp3) is 0.806. The molecule has 0 amide bonds. The molecule has 0 radical (unpaired) electrons. The first-order valence-electron chi connectivity index (χ1n) is 17.8. The number of rotatable bonds is 31. The van der Waals surface area contributed by atoms with Crippen molar-refractivity contribution in [2.45, 2.75) is 142 Å². The van der Waals surface area contributed by atoms with Crippen LogP contribution in [0.3, 0.4) is 0 Å². The Balaban J connectivity index is 2.34. The smallest absolute Gasteiger partial charge is 0.472 e. The molecule has 0 aliphatic carbocycles. The third-order valence-electron chi connectivity index (χ3n) is 8.05. The third kappa shape index (κ3) is 23.1. The Labute approximate surface area is 270 Å². The van der Waals surface area contributed by atoms with E-state index in [2.05, 4.69) is 6.92 Å². The molecule has 0 bridgehead atoms. The number of hydrogen-bond donors (Lipinski definition) is 1. The molecule has 0 aliphatic rings. The normalized spacial score (nSPS) is 13.7. The molecular weight excluding hydrogens is 573 g/mol. The number of ketones is 1. The summed E-state index contributed by atoms with van der Waals surface area (Å²) in [4.78, 5) is 24.5. The van der Waals surface area contributed by atoms with E-state index in [-0.39, 0.29) is 24.9 Å². The highest BCUT2D eigenvalue weighted by molar-refractivity contribution is 7.47. The van der Waals surface area contributed by atoms with E-state index in [0.29, 0.717) is 32.4 Å². The summed E-state index contributed by atoms with van der Waals surface area (Å²) < 4.78 is 29.0. The van der Waals surface area contributed by atoms with E-state index < -0.39 is 7.82 Å². The van der Waals surface area contributed by atoms with E-state index in [1.165, 1.54) is 96.3 Å². The number of nitrogens with zero attached hydrogens (tertiary/aromatic N) is 1. The number of carbonyl (C=O) groups excluding carboxylic acids is 1. The van der Waals surface area contributed by atoms with Gasteiger partial charge in [0.15, 0.2) is 0 Å². The van der Waals surface area contributed by atoms with Gasteiger partial charge in [0.05, 0.1) is 19.8 Å². The van der Waals surface area contributed by atoms with Crippen molar-refractivity contribution in [1.82, 2.24) is 4.90 Å². The predicted octanol–water partition coefficient (Wildman–Crippen LogP) is 9.94. The SMILES string of the molecule is CCCCCCCCCCCCCCCCCCOc1ccccc1CC(COP(=O)(O)OCCN(C)C)CC(=O)CCC. The topological polar surface area (TPSA) is 85.3 Å². The van der Waals surface area contributed by atoms with Gasteiger partial charge in [-0.3, -0.25) is 13.8 Å². The van der Waals surface area contributed by atoms with Crippen LogP contribution < -0.4 is 4.74 Å². The minimum absolute atomic E-state index is 0.0291. The molecule has 8 heteroatoms. The molecule has 0 aliphatic heterocycles. The second kappa shape index (κ2) is 26.9. The van der Waals surface area contributed by atoms with Crippen LogP contribution in [-0.2, 0) is 24.8 Å². The van der Waals surface area contributed by atoms with Crippen molar-refractivity contribution in [3.63, 3.8) is 0 Å². The van der Waals surface area contributed by atoms with Gasteiger partial charge >= 0.3 is 7.82 Å². The van der Waals surface area contributed by atoms with Gasteiger partial charge in [-0.15, -0.1) is 0 Å². The van der Waals surface area contributed by atoms with Crippen LogP contribution in [0.15, 0.2) is 24.3 Å². The molecule has 0 spiro atoms. The summed E-state index contributed by atoms with van der Waals surface area (Å²) in [5.74, 6) is 0.706. The highest BCUT2D eigenvalue weighted by Gasteiger charge is 2.25. The van der Waals surface area contributed by atoms with Crippen LogP contribution in [-0.4, -0.2) is 56.0 Å². The first-order chi connectivity index (χ1) is 21.3. The van der Waals surface area contributed by atoms with Crippen molar-refractivity contribution in [1.29, 1.82) is 0 Å². The number of carbonyl (C=O) groups is 1. The molecule has 0 saturated heterocycles. The number of hydrogen-bond acceptors (Lipinski definition) is 6. The molecule has 0 saturated carbocycles. The van der Waals surface area contributed by atoms with Gasteiger partial charge < -0.3 is 14.5 Å². The van der Waals surface area contributed by atoms with Crippen molar-refractivity contribution in [2.75, 3.05) is 40.5 Å². The predicted molar refractivity (Wildman–Crippen MR) is 183 cm³/mol. The fourth-order valence-corrected chi connectivity index (χ4v) is 6.21. The maximum absolute atomic E-state index is 12.5. The Kier molecular flexibility index (Phi) is 25.0. The summed E-state index contributed by atoms with van der Waals surface area (Å²) in [6, 6.07) is 7.89. The Hall–Kier alpha value is -1.24. The lowest BCUT2D eigenvalue weighted by atomic mass is 9.93. The molecule has 1 rings (SSSR count). The summed E-state index contributed by atoms with van der Waals surface area (Å²) in [5, 5.41) is 0. The molecule has 0 fully saturated rings. The largest absolute Gasteiger partial charge is 0.493 e. The van der Waals surface area contributed by atoms with E-state index in [0.717, 1.165) is 24.2 Å². The van der Waals surface area contributed by atoms with Gasteiger partial charge in [0.25, 0.3) is 0 Å². The molecule has 0 aromatic heterocycles. The zero-order chi connectivity index (χ0) is 32.3. The summed E-state index contributed by atoms with van der Waals surface area (Å²) in [7, 11) is -0.470. The first kappa shape index (κ1) is 40.8. The monoisotopic (exact) mass is 639 g/mol. The lowest BCUT2D eigenvalue weighted by Gasteiger charge is -2.20. The standard InChI is InChI=1S/C36H66NO6P/c1-5-7-8-9-10-11-12-13-14-15-16-17-18-19-20-23-28-41-36-26-22-21-25-34(36)30-33(31-35(38)24-6-2)32-43-44(39,40)42-29-27-37(3)4/h21-22,25-26,33H,5-20,23-24,27-32H2,1-4H3,(H,39,40). The van der Waals surface area contributed by atoms with E-state index >= 15 is 0 Å². The lowest BCUT2D eigenvalue weighted by molar-refractivity contribution is -0.120. The molecule has 2 unspecified atom stereocenters. The van der Waals surface area contributed by atoms with Crippen molar-refractivity contribution in [3.8, 4) is 5.75 Å². The maximum atomic E-state index is 12.5. The van der Waals surface area contributed by atoms with Gasteiger partial charge in [0, 0.05) is 19.4 Å². The van der Waals surface area contributed by atoms with E-state index in [1.807, 2.05) is 50.2 Å². The van der Waals surface area contributed by atoms with Crippen molar-refractivity contribution >= 4 is 13.6 Å². The summed E-state index contributed by atoms with van der Waals surface area (Å²) in [6.45, 7) is 5.49. The van der Waals surface area contributed by atoms with Crippen molar-refractivity contribution < 1.29 is 28.0 Å². The van der Waals surface area contributed by atoms with E-state index in [4.69, 9.17) is 13.8 Å². The van der Waals surface area contributed by atoms with Gasteiger partial charge in [0.2, 0.25) is 0 Å². The van der Waals surface area contributed by atoms with Crippen LogP contribution in [0.2, 0.25) is 0 Å². The summed E-state index contributed by atoms with van der Waals surface area (Å²) in [5.41, 5.74) is 0.989. The van der Waals surface area contributed by atoms with Crippen LogP contribution in [0.5, 0.6) is 5.75 Å². The van der Waals surface area contributed by atoms with Crippen LogP contribution in [0.1, 0.15) is 141 Å². The Morgan fingerprint density at radius 2 is 1.32 bits per heavy atom. The zero-order valence-electron chi connectivity index (χ0n) is 28.7. The van der Waals surface area contributed by atoms with Crippen LogP contribution in [0.25, 0.3) is 0 Å².